The molecule has 3 rings (SSSR count). The molecule has 1 aliphatic carbocycles. The first-order valence-corrected chi connectivity index (χ1v) is 6.95. The summed E-state index contributed by atoms with van der Waals surface area (Å²) in [6.45, 7) is 1.82. The predicted molar refractivity (Wildman–Crippen MR) is 68.5 cm³/mol. The summed E-state index contributed by atoms with van der Waals surface area (Å²) in [4.78, 5) is 11.8. The van der Waals surface area contributed by atoms with Gasteiger partial charge in [0.15, 0.2) is 5.76 Å². The maximum atomic E-state index is 11.8. The van der Waals surface area contributed by atoms with Gasteiger partial charge in [-0.25, -0.2) is 0 Å². The molecule has 1 saturated carbocycles. The van der Waals surface area contributed by atoms with E-state index in [0.717, 1.165) is 12.8 Å². The average Bonchev–Trinajstić information content (AvgIpc) is 2.90. The lowest BCUT2D eigenvalue weighted by Gasteiger charge is -2.08. The first-order valence-electron chi connectivity index (χ1n) is 6.07. The number of rotatable bonds is 5. The van der Waals surface area contributed by atoms with E-state index < -0.39 is 0 Å². The molecule has 2 aromatic heterocycles. The van der Waals surface area contributed by atoms with Crippen molar-refractivity contribution in [2.45, 2.75) is 36.3 Å². The van der Waals surface area contributed by atoms with E-state index in [1.54, 1.807) is 12.1 Å². The topological polar surface area (TPSA) is 81.2 Å². The van der Waals surface area contributed by atoms with Gasteiger partial charge in [-0.05, 0) is 31.9 Å². The molecule has 19 heavy (non-hydrogen) atoms. The Morgan fingerprint density at radius 2 is 2.37 bits per heavy atom. The Labute approximate surface area is 114 Å². The number of carbonyl (C=O) groups is 1. The van der Waals surface area contributed by atoms with E-state index >= 15 is 0 Å². The third kappa shape index (κ3) is 2.98. The van der Waals surface area contributed by atoms with E-state index in [2.05, 4.69) is 15.5 Å². The Balaban J connectivity index is 1.61. The maximum Gasteiger partial charge on any atom is 0.284 e. The zero-order valence-electron chi connectivity index (χ0n) is 10.3. The molecule has 2 aromatic rings. The standard InChI is InChI=1S/C12H13N3O3S/c1-7(10(16)13-8-4-5-8)19-12-15-14-11(18-12)9-3-2-6-17-9/h2-3,6-8H,4-5H2,1H3,(H,13,16)/t7-/m1/s1. The van der Waals surface area contributed by atoms with Crippen molar-refractivity contribution in [1.29, 1.82) is 0 Å². The molecule has 1 aliphatic rings. The van der Waals surface area contributed by atoms with Crippen LogP contribution in [0.3, 0.4) is 0 Å². The molecule has 0 unspecified atom stereocenters. The highest BCUT2D eigenvalue weighted by Gasteiger charge is 2.27. The van der Waals surface area contributed by atoms with Crippen LogP contribution in [0.15, 0.2) is 32.5 Å². The van der Waals surface area contributed by atoms with Gasteiger partial charge in [0, 0.05) is 6.04 Å². The van der Waals surface area contributed by atoms with Crippen molar-refractivity contribution >= 4 is 17.7 Å². The summed E-state index contributed by atoms with van der Waals surface area (Å²) in [7, 11) is 0. The van der Waals surface area contributed by atoms with Crippen LogP contribution < -0.4 is 5.32 Å². The number of nitrogens with one attached hydrogen (secondary N) is 1. The Kier molecular flexibility index (Phi) is 3.29. The highest BCUT2D eigenvalue weighted by atomic mass is 32.2. The maximum absolute atomic E-state index is 11.8. The van der Waals surface area contributed by atoms with Crippen LogP contribution in [0.5, 0.6) is 0 Å². The summed E-state index contributed by atoms with van der Waals surface area (Å²) in [5.74, 6) is 0.849. The molecule has 100 valence electrons. The van der Waals surface area contributed by atoms with Crippen LogP contribution in [-0.2, 0) is 4.79 Å². The number of amides is 1. The molecule has 2 heterocycles. The lowest BCUT2D eigenvalue weighted by Crippen LogP contribution is -2.32. The number of hydrogen-bond donors (Lipinski definition) is 1. The molecule has 6 nitrogen and oxygen atoms in total. The minimum Gasteiger partial charge on any atom is -0.459 e. The summed E-state index contributed by atoms with van der Waals surface area (Å²) in [5.41, 5.74) is 0. The number of carbonyl (C=O) groups excluding carboxylic acids is 1. The van der Waals surface area contributed by atoms with Gasteiger partial charge in [0.05, 0.1) is 11.5 Å². The molecule has 0 bridgehead atoms. The molecule has 0 aliphatic heterocycles. The molecule has 0 saturated heterocycles. The lowest BCUT2D eigenvalue weighted by atomic mass is 10.4. The number of nitrogens with zero attached hydrogens (tertiary/aromatic N) is 2. The molecule has 0 aromatic carbocycles. The van der Waals surface area contributed by atoms with Crippen molar-refractivity contribution in [3.05, 3.63) is 18.4 Å². The second-order valence-corrected chi connectivity index (χ2v) is 5.69. The first-order chi connectivity index (χ1) is 9.22. The van der Waals surface area contributed by atoms with E-state index in [-0.39, 0.29) is 11.2 Å². The summed E-state index contributed by atoms with van der Waals surface area (Å²) >= 11 is 1.25. The smallest absolute Gasteiger partial charge is 0.284 e. The number of furan rings is 1. The van der Waals surface area contributed by atoms with Crippen molar-refractivity contribution in [3.8, 4) is 11.7 Å². The van der Waals surface area contributed by atoms with E-state index in [1.807, 2.05) is 6.92 Å². The van der Waals surface area contributed by atoms with E-state index in [0.29, 0.717) is 22.9 Å². The SMILES string of the molecule is C[C@@H](Sc1nnc(-c2ccco2)o1)C(=O)NC1CC1. The van der Waals surface area contributed by atoms with Crippen molar-refractivity contribution < 1.29 is 13.6 Å². The first kappa shape index (κ1) is 12.3. The summed E-state index contributed by atoms with van der Waals surface area (Å²) in [5, 5.41) is 10.8. The molecular weight excluding hydrogens is 266 g/mol. The van der Waals surface area contributed by atoms with Gasteiger partial charge in [0.25, 0.3) is 11.1 Å². The highest BCUT2D eigenvalue weighted by molar-refractivity contribution is 8.00. The van der Waals surface area contributed by atoms with Crippen LogP contribution in [0.4, 0.5) is 0 Å². The predicted octanol–water partition coefficient (Wildman–Crippen LogP) is 2.09. The summed E-state index contributed by atoms with van der Waals surface area (Å²) in [6, 6.07) is 3.85. The molecule has 0 radical (unpaired) electrons. The van der Waals surface area contributed by atoms with Crippen molar-refractivity contribution in [2.75, 3.05) is 0 Å². The summed E-state index contributed by atoms with van der Waals surface area (Å²) < 4.78 is 10.6. The van der Waals surface area contributed by atoms with Crippen LogP contribution in [0, 0.1) is 0 Å². The normalized spacial score (nSPS) is 16.3. The van der Waals surface area contributed by atoms with Crippen LogP contribution >= 0.6 is 11.8 Å². The Morgan fingerprint density at radius 1 is 1.53 bits per heavy atom. The largest absolute Gasteiger partial charge is 0.459 e. The molecule has 1 amide bonds. The molecule has 1 N–H and O–H groups in total. The fourth-order valence-corrected chi connectivity index (χ4v) is 2.20. The number of aromatic nitrogens is 2. The lowest BCUT2D eigenvalue weighted by molar-refractivity contribution is -0.120. The molecule has 1 atom stereocenters. The van der Waals surface area contributed by atoms with Gasteiger partial charge in [-0.3, -0.25) is 4.79 Å². The van der Waals surface area contributed by atoms with Crippen LogP contribution in [0.25, 0.3) is 11.7 Å². The van der Waals surface area contributed by atoms with Gasteiger partial charge in [-0.15, -0.1) is 10.2 Å². The zero-order valence-corrected chi connectivity index (χ0v) is 11.1. The van der Waals surface area contributed by atoms with E-state index in [1.165, 1.54) is 18.0 Å². The van der Waals surface area contributed by atoms with Gasteiger partial charge < -0.3 is 14.2 Å². The van der Waals surface area contributed by atoms with E-state index in [4.69, 9.17) is 8.83 Å². The van der Waals surface area contributed by atoms with Gasteiger partial charge in [-0.1, -0.05) is 11.8 Å². The Morgan fingerprint density at radius 3 is 3.05 bits per heavy atom. The van der Waals surface area contributed by atoms with Crippen molar-refractivity contribution in [2.24, 2.45) is 0 Å². The third-order valence-electron chi connectivity index (χ3n) is 2.71. The fraction of sp³-hybridized carbons (Fsp3) is 0.417. The number of hydrogen-bond acceptors (Lipinski definition) is 6. The molecule has 7 heteroatoms. The van der Waals surface area contributed by atoms with Gasteiger partial charge in [0.1, 0.15) is 0 Å². The van der Waals surface area contributed by atoms with E-state index in [9.17, 15) is 4.79 Å². The number of thioether (sulfide) groups is 1. The zero-order chi connectivity index (χ0) is 13.2. The monoisotopic (exact) mass is 279 g/mol. The second-order valence-electron chi connectivity index (χ2n) is 4.39. The van der Waals surface area contributed by atoms with Crippen LogP contribution in [0.1, 0.15) is 19.8 Å². The second kappa shape index (κ2) is 5.08. The van der Waals surface area contributed by atoms with Crippen molar-refractivity contribution in [1.82, 2.24) is 15.5 Å². The molecule has 1 fully saturated rings. The third-order valence-corrected chi connectivity index (χ3v) is 3.64. The highest BCUT2D eigenvalue weighted by Crippen LogP contribution is 2.27. The van der Waals surface area contributed by atoms with Gasteiger partial charge >= 0.3 is 0 Å². The molecule has 0 spiro atoms. The van der Waals surface area contributed by atoms with Crippen LogP contribution in [-0.4, -0.2) is 27.4 Å². The van der Waals surface area contributed by atoms with Crippen LogP contribution in [0.2, 0.25) is 0 Å². The summed E-state index contributed by atoms with van der Waals surface area (Å²) in [6.07, 6.45) is 3.69. The fourth-order valence-electron chi connectivity index (χ4n) is 1.51. The van der Waals surface area contributed by atoms with Gasteiger partial charge in [0.2, 0.25) is 5.91 Å². The molecular formula is C12H13N3O3S. The quantitative estimate of drug-likeness (QED) is 0.844. The Bertz CT molecular complexity index is 563. The van der Waals surface area contributed by atoms with Gasteiger partial charge in [-0.2, -0.15) is 0 Å². The minimum absolute atomic E-state index is 0.00486. The minimum atomic E-state index is -0.259. The van der Waals surface area contributed by atoms with Crippen molar-refractivity contribution in [3.63, 3.8) is 0 Å². The average molecular weight is 279 g/mol. The Hall–Kier alpha value is -1.76.